The Kier molecular flexibility index (Phi) is 4.32. The van der Waals surface area contributed by atoms with Gasteiger partial charge in [-0.05, 0) is 30.4 Å². The molecule has 2 rings (SSSR count). The first-order valence-corrected chi connectivity index (χ1v) is 6.89. The van der Waals surface area contributed by atoms with Gasteiger partial charge in [-0.1, -0.05) is 44.2 Å². The summed E-state index contributed by atoms with van der Waals surface area (Å²) < 4.78 is 1.96. The average molecular weight is 258 g/mol. The Bertz CT molecular complexity index is 543. The van der Waals surface area contributed by atoms with Gasteiger partial charge in [-0.15, -0.1) is 5.10 Å². The maximum atomic E-state index is 5.77. The summed E-state index contributed by atoms with van der Waals surface area (Å²) in [6, 6.07) is 8.33. The smallest absolute Gasteiger partial charge is 0.0999 e. The zero-order chi connectivity index (χ0) is 13.8. The van der Waals surface area contributed by atoms with Crippen LogP contribution in [0.4, 0.5) is 0 Å². The van der Waals surface area contributed by atoms with Gasteiger partial charge in [0.2, 0.25) is 0 Å². The van der Waals surface area contributed by atoms with Gasteiger partial charge in [-0.3, -0.25) is 0 Å². The normalized spacial score (nSPS) is 11.2. The van der Waals surface area contributed by atoms with Crippen LogP contribution in [0.3, 0.4) is 0 Å². The first kappa shape index (κ1) is 13.7. The van der Waals surface area contributed by atoms with Gasteiger partial charge in [0.15, 0.2) is 0 Å². The average Bonchev–Trinajstić information content (AvgIpc) is 2.80. The molecule has 0 atom stereocenters. The summed E-state index contributed by atoms with van der Waals surface area (Å²) in [6.45, 7) is 6.99. The fraction of sp³-hybridized carbons (Fsp3) is 0.467. The van der Waals surface area contributed by atoms with E-state index in [0.29, 0.717) is 12.5 Å². The van der Waals surface area contributed by atoms with Crippen molar-refractivity contribution >= 4 is 0 Å². The number of aryl methyl sites for hydroxylation is 1. The summed E-state index contributed by atoms with van der Waals surface area (Å²) in [5.41, 5.74) is 10.2. The van der Waals surface area contributed by atoms with Crippen LogP contribution >= 0.6 is 0 Å². The van der Waals surface area contributed by atoms with Gasteiger partial charge in [0.05, 0.1) is 17.1 Å². The molecule has 0 saturated carbocycles. The van der Waals surface area contributed by atoms with Crippen molar-refractivity contribution in [3.8, 4) is 5.69 Å². The molecular weight excluding hydrogens is 236 g/mol. The lowest BCUT2D eigenvalue weighted by atomic mass is 10.1. The molecule has 102 valence electrons. The van der Waals surface area contributed by atoms with E-state index in [-0.39, 0.29) is 0 Å². The first-order valence-electron chi connectivity index (χ1n) is 6.89. The summed E-state index contributed by atoms with van der Waals surface area (Å²) in [6.07, 6.45) is 1.92. The SMILES string of the molecule is CCc1ccccc1-n1nnc(CN)c1CC(C)C. The second-order valence-corrected chi connectivity index (χ2v) is 5.18. The summed E-state index contributed by atoms with van der Waals surface area (Å²) in [5.74, 6) is 0.552. The number of nitrogens with two attached hydrogens (primary N) is 1. The molecule has 2 aromatic rings. The van der Waals surface area contributed by atoms with E-state index in [2.05, 4.69) is 49.3 Å². The molecule has 0 bridgehead atoms. The summed E-state index contributed by atoms with van der Waals surface area (Å²) in [4.78, 5) is 0. The maximum Gasteiger partial charge on any atom is 0.0999 e. The topological polar surface area (TPSA) is 56.7 Å². The first-order chi connectivity index (χ1) is 9.17. The number of hydrogen-bond donors (Lipinski definition) is 1. The molecule has 19 heavy (non-hydrogen) atoms. The van der Waals surface area contributed by atoms with E-state index in [9.17, 15) is 0 Å². The van der Waals surface area contributed by atoms with Crippen molar-refractivity contribution in [1.82, 2.24) is 15.0 Å². The van der Waals surface area contributed by atoms with Crippen molar-refractivity contribution < 1.29 is 0 Å². The van der Waals surface area contributed by atoms with Crippen LogP contribution in [0.1, 0.15) is 37.7 Å². The zero-order valence-corrected chi connectivity index (χ0v) is 11.9. The lowest BCUT2D eigenvalue weighted by molar-refractivity contribution is 0.610. The third-order valence-corrected chi connectivity index (χ3v) is 3.24. The van der Waals surface area contributed by atoms with Crippen LogP contribution in [0.5, 0.6) is 0 Å². The second-order valence-electron chi connectivity index (χ2n) is 5.18. The fourth-order valence-electron chi connectivity index (χ4n) is 2.29. The van der Waals surface area contributed by atoms with E-state index >= 15 is 0 Å². The number of rotatable bonds is 5. The molecule has 0 saturated heterocycles. The van der Waals surface area contributed by atoms with Crippen molar-refractivity contribution in [2.24, 2.45) is 11.7 Å². The Morgan fingerprint density at radius 2 is 2.00 bits per heavy atom. The highest BCUT2D eigenvalue weighted by atomic mass is 15.4. The molecule has 0 fully saturated rings. The van der Waals surface area contributed by atoms with Crippen molar-refractivity contribution in [2.75, 3.05) is 0 Å². The number of nitrogens with zero attached hydrogens (tertiary/aromatic N) is 3. The molecule has 0 amide bonds. The van der Waals surface area contributed by atoms with E-state index < -0.39 is 0 Å². The monoisotopic (exact) mass is 258 g/mol. The van der Waals surface area contributed by atoms with E-state index in [1.165, 1.54) is 5.56 Å². The molecule has 0 spiro atoms. The van der Waals surface area contributed by atoms with Gasteiger partial charge in [0, 0.05) is 6.54 Å². The minimum Gasteiger partial charge on any atom is -0.325 e. The predicted molar refractivity (Wildman–Crippen MR) is 77.2 cm³/mol. The van der Waals surface area contributed by atoms with E-state index in [1.807, 2.05) is 10.7 Å². The zero-order valence-electron chi connectivity index (χ0n) is 11.9. The number of benzene rings is 1. The molecule has 0 radical (unpaired) electrons. The van der Waals surface area contributed by atoms with Crippen LogP contribution in [0.25, 0.3) is 5.69 Å². The fourth-order valence-corrected chi connectivity index (χ4v) is 2.29. The minimum atomic E-state index is 0.441. The highest BCUT2D eigenvalue weighted by molar-refractivity contribution is 5.42. The largest absolute Gasteiger partial charge is 0.325 e. The molecule has 4 nitrogen and oxygen atoms in total. The summed E-state index contributed by atoms with van der Waals surface area (Å²) in [5, 5.41) is 8.53. The second kappa shape index (κ2) is 5.97. The van der Waals surface area contributed by atoms with Gasteiger partial charge >= 0.3 is 0 Å². The molecule has 1 aromatic carbocycles. The lowest BCUT2D eigenvalue weighted by Gasteiger charge is -2.12. The predicted octanol–water partition coefficient (Wildman–Crippen LogP) is 2.49. The Balaban J connectivity index is 2.52. The van der Waals surface area contributed by atoms with Crippen LogP contribution in [0, 0.1) is 5.92 Å². The lowest BCUT2D eigenvalue weighted by Crippen LogP contribution is -2.10. The number of aromatic nitrogens is 3. The molecule has 4 heteroatoms. The van der Waals surface area contributed by atoms with Crippen molar-refractivity contribution in [2.45, 2.75) is 40.2 Å². The Morgan fingerprint density at radius 3 is 2.63 bits per heavy atom. The standard InChI is InChI=1S/C15H22N4/c1-4-12-7-5-6-8-14(12)19-15(9-11(2)3)13(10-16)17-18-19/h5-8,11H,4,9-10,16H2,1-3H3. The van der Waals surface area contributed by atoms with E-state index in [1.54, 1.807) is 0 Å². The van der Waals surface area contributed by atoms with Gasteiger partial charge in [-0.25, -0.2) is 4.68 Å². The quantitative estimate of drug-likeness (QED) is 0.896. The molecule has 0 unspecified atom stereocenters. The van der Waals surface area contributed by atoms with Gasteiger partial charge in [-0.2, -0.15) is 0 Å². The third kappa shape index (κ3) is 2.84. The Labute approximate surface area is 114 Å². The van der Waals surface area contributed by atoms with Crippen LogP contribution in [0.15, 0.2) is 24.3 Å². The highest BCUT2D eigenvalue weighted by Crippen LogP contribution is 2.20. The van der Waals surface area contributed by atoms with Gasteiger partial charge in [0.25, 0.3) is 0 Å². The molecule has 0 aliphatic rings. The van der Waals surface area contributed by atoms with Crippen LogP contribution in [-0.4, -0.2) is 15.0 Å². The Hall–Kier alpha value is -1.68. The maximum absolute atomic E-state index is 5.77. The van der Waals surface area contributed by atoms with Gasteiger partial charge < -0.3 is 5.73 Å². The summed E-state index contributed by atoms with van der Waals surface area (Å²) >= 11 is 0. The van der Waals surface area contributed by atoms with E-state index in [0.717, 1.165) is 29.9 Å². The Morgan fingerprint density at radius 1 is 1.26 bits per heavy atom. The van der Waals surface area contributed by atoms with Crippen molar-refractivity contribution in [3.63, 3.8) is 0 Å². The molecule has 1 heterocycles. The third-order valence-electron chi connectivity index (χ3n) is 3.24. The summed E-state index contributed by atoms with van der Waals surface area (Å²) in [7, 11) is 0. The van der Waals surface area contributed by atoms with Gasteiger partial charge in [0.1, 0.15) is 0 Å². The molecular formula is C15H22N4. The van der Waals surface area contributed by atoms with Crippen molar-refractivity contribution in [1.29, 1.82) is 0 Å². The minimum absolute atomic E-state index is 0.441. The molecule has 1 aromatic heterocycles. The van der Waals surface area contributed by atoms with Crippen LogP contribution in [-0.2, 0) is 19.4 Å². The van der Waals surface area contributed by atoms with Crippen LogP contribution < -0.4 is 5.73 Å². The molecule has 0 aliphatic carbocycles. The van der Waals surface area contributed by atoms with Crippen molar-refractivity contribution in [3.05, 3.63) is 41.2 Å². The number of hydrogen-bond acceptors (Lipinski definition) is 3. The van der Waals surface area contributed by atoms with E-state index in [4.69, 9.17) is 5.73 Å². The number of para-hydroxylation sites is 1. The molecule has 2 N–H and O–H groups in total. The van der Waals surface area contributed by atoms with Crippen LogP contribution in [0.2, 0.25) is 0 Å². The molecule has 0 aliphatic heterocycles. The highest BCUT2D eigenvalue weighted by Gasteiger charge is 2.15.